The molecule has 3 heterocycles. The average molecular weight is 288 g/mol. The lowest BCUT2D eigenvalue weighted by Gasteiger charge is -2.27. The van der Waals surface area contributed by atoms with Crippen LogP contribution in [0.15, 0.2) is 29.0 Å². The molecule has 0 spiro atoms. The van der Waals surface area contributed by atoms with Crippen LogP contribution in [0.5, 0.6) is 0 Å². The van der Waals surface area contributed by atoms with Gasteiger partial charge in [-0.25, -0.2) is 4.79 Å². The zero-order valence-electron chi connectivity index (χ0n) is 11.5. The summed E-state index contributed by atoms with van der Waals surface area (Å²) in [6.07, 6.45) is 4.67. The molecule has 1 saturated heterocycles. The van der Waals surface area contributed by atoms with Gasteiger partial charge in [0, 0.05) is 37.8 Å². The van der Waals surface area contributed by atoms with Crippen molar-refractivity contribution in [3.05, 3.63) is 41.8 Å². The highest BCUT2D eigenvalue weighted by Gasteiger charge is 2.27. The number of piperidine rings is 1. The second-order valence-electron chi connectivity index (χ2n) is 5.12. The Morgan fingerprint density at radius 2 is 2.05 bits per heavy atom. The molecule has 0 radical (unpaired) electrons. The Balaban J connectivity index is 1.62. The zero-order chi connectivity index (χ0) is 14.7. The van der Waals surface area contributed by atoms with Crippen molar-refractivity contribution in [3.63, 3.8) is 0 Å². The van der Waals surface area contributed by atoms with Crippen LogP contribution in [0.4, 0.5) is 4.79 Å². The Kier molecular flexibility index (Phi) is 3.81. The molecule has 0 aliphatic carbocycles. The van der Waals surface area contributed by atoms with Gasteiger partial charge in [-0.3, -0.25) is 4.98 Å². The lowest BCUT2D eigenvalue weighted by molar-refractivity contribution is 0.128. The minimum atomic E-state index is -0.864. The van der Waals surface area contributed by atoms with Crippen molar-refractivity contribution in [1.82, 2.24) is 20.0 Å². The van der Waals surface area contributed by atoms with Gasteiger partial charge in [0.15, 0.2) is 5.82 Å². The molecule has 0 aromatic carbocycles. The third-order valence-electron chi connectivity index (χ3n) is 3.71. The van der Waals surface area contributed by atoms with Crippen LogP contribution in [-0.2, 0) is 6.42 Å². The third-order valence-corrected chi connectivity index (χ3v) is 3.71. The molecule has 1 amide bonds. The van der Waals surface area contributed by atoms with Crippen molar-refractivity contribution in [2.45, 2.75) is 25.2 Å². The smallest absolute Gasteiger partial charge is 0.407 e. The highest BCUT2D eigenvalue weighted by atomic mass is 16.5. The number of aromatic nitrogens is 3. The van der Waals surface area contributed by atoms with E-state index in [9.17, 15) is 4.79 Å². The lowest BCUT2D eigenvalue weighted by Crippen LogP contribution is -2.36. The van der Waals surface area contributed by atoms with Crippen molar-refractivity contribution in [1.29, 1.82) is 0 Å². The Morgan fingerprint density at radius 1 is 1.33 bits per heavy atom. The molecule has 110 valence electrons. The molecule has 0 bridgehead atoms. The van der Waals surface area contributed by atoms with Crippen molar-refractivity contribution in [2.24, 2.45) is 0 Å². The fraction of sp³-hybridized carbons (Fsp3) is 0.429. The predicted octanol–water partition coefficient (Wildman–Crippen LogP) is 1.91. The summed E-state index contributed by atoms with van der Waals surface area (Å²) >= 11 is 0. The van der Waals surface area contributed by atoms with Crippen molar-refractivity contribution >= 4 is 6.09 Å². The van der Waals surface area contributed by atoms with E-state index in [0.29, 0.717) is 31.2 Å². The maximum atomic E-state index is 10.9. The summed E-state index contributed by atoms with van der Waals surface area (Å²) in [5, 5.41) is 12.9. The molecule has 1 fully saturated rings. The van der Waals surface area contributed by atoms with Gasteiger partial charge in [0.05, 0.1) is 0 Å². The highest BCUT2D eigenvalue weighted by Crippen LogP contribution is 2.26. The number of carbonyl (C=O) groups is 1. The molecule has 3 rings (SSSR count). The summed E-state index contributed by atoms with van der Waals surface area (Å²) in [4.78, 5) is 20.7. The molecule has 2 aromatic heterocycles. The molecule has 0 unspecified atom stereocenters. The van der Waals surface area contributed by atoms with Crippen LogP contribution in [0.1, 0.15) is 36.0 Å². The Morgan fingerprint density at radius 3 is 2.71 bits per heavy atom. The van der Waals surface area contributed by atoms with E-state index in [0.717, 1.165) is 18.4 Å². The van der Waals surface area contributed by atoms with Crippen molar-refractivity contribution < 1.29 is 14.4 Å². The monoisotopic (exact) mass is 288 g/mol. The number of rotatable bonds is 3. The molecule has 7 nitrogen and oxygen atoms in total. The van der Waals surface area contributed by atoms with E-state index >= 15 is 0 Å². The van der Waals surface area contributed by atoms with Crippen LogP contribution < -0.4 is 0 Å². The van der Waals surface area contributed by atoms with Crippen LogP contribution in [0.2, 0.25) is 0 Å². The van der Waals surface area contributed by atoms with Gasteiger partial charge in [0.2, 0.25) is 5.89 Å². The summed E-state index contributed by atoms with van der Waals surface area (Å²) in [6.45, 7) is 1.03. The second-order valence-corrected chi connectivity index (χ2v) is 5.12. The maximum absolute atomic E-state index is 10.9. The molecule has 2 aromatic rings. The summed E-state index contributed by atoms with van der Waals surface area (Å²) in [5.74, 6) is 1.42. The molecule has 1 aliphatic rings. The van der Waals surface area contributed by atoms with Crippen LogP contribution in [-0.4, -0.2) is 44.3 Å². The summed E-state index contributed by atoms with van der Waals surface area (Å²) in [6, 6.07) is 3.84. The average Bonchev–Trinajstić information content (AvgIpc) is 2.97. The number of likely N-dealkylation sites (tertiary alicyclic amines) is 1. The molecular weight excluding hydrogens is 272 g/mol. The van der Waals surface area contributed by atoms with Gasteiger partial charge in [-0.2, -0.15) is 4.98 Å². The van der Waals surface area contributed by atoms with Gasteiger partial charge in [-0.15, -0.1) is 0 Å². The van der Waals surface area contributed by atoms with Crippen LogP contribution >= 0.6 is 0 Å². The molecule has 0 saturated carbocycles. The van der Waals surface area contributed by atoms with Gasteiger partial charge in [0.1, 0.15) is 0 Å². The van der Waals surface area contributed by atoms with Gasteiger partial charge in [0.25, 0.3) is 0 Å². The predicted molar refractivity (Wildman–Crippen MR) is 72.9 cm³/mol. The third kappa shape index (κ3) is 3.18. The number of nitrogens with zero attached hydrogens (tertiary/aromatic N) is 4. The molecule has 7 heteroatoms. The van der Waals surface area contributed by atoms with E-state index in [1.165, 1.54) is 4.90 Å². The van der Waals surface area contributed by atoms with E-state index in [-0.39, 0.29) is 5.92 Å². The Labute approximate surface area is 121 Å². The van der Waals surface area contributed by atoms with E-state index in [2.05, 4.69) is 15.1 Å². The fourth-order valence-electron chi connectivity index (χ4n) is 2.51. The van der Waals surface area contributed by atoms with Crippen molar-refractivity contribution in [3.8, 4) is 0 Å². The number of hydrogen-bond acceptors (Lipinski definition) is 5. The molecule has 1 N–H and O–H groups in total. The molecular formula is C14H16N4O3. The molecule has 1 aliphatic heterocycles. The van der Waals surface area contributed by atoms with E-state index in [1.54, 1.807) is 12.4 Å². The minimum absolute atomic E-state index is 0.152. The first-order valence-electron chi connectivity index (χ1n) is 6.91. The number of carboxylic acid groups (broad SMARTS) is 1. The fourth-order valence-corrected chi connectivity index (χ4v) is 2.51. The van der Waals surface area contributed by atoms with Gasteiger partial charge >= 0.3 is 6.09 Å². The van der Waals surface area contributed by atoms with Crippen LogP contribution in [0, 0.1) is 0 Å². The summed E-state index contributed by atoms with van der Waals surface area (Å²) < 4.78 is 5.33. The summed E-state index contributed by atoms with van der Waals surface area (Å²) in [5.41, 5.74) is 1.08. The molecule has 0 atom stereocenters. The standard InChI is InChI=1S/C14H16N4O3/c19-14(20)18-7-3-11(4-8-18)13-16-12(17-21-13)9-10-1-5-15-6-2-10/h1-2,5-6,11H,3-4,7-9H2,(H,19,20). The quantitative estimate of drug-likeness (QED) is 0.927. The van der Waals surface area contributed by atoms with E-state index in [4.69, 9.17) is 9.63 Å². The van der Waals surface area contributed by atoms with Crippen molar-refractivity contribution in [2.75, 3.05) is 13.1 Å². The number of amides is 1. The first-order chi connectivity index (χ1) is 10.2. The molecule has 21 heavy (non-hydrogen) atoms. The minimum Gasteiger partial charge on any atom is -0.465 e. The van der Waals surface area contributed by atoms with Gasteiger partial charge in [-0.1, -0.05) is 5.16 Å². The van der Waals surface area contributed by atoms with Gasteiger partial charge in [-0.05, 0) is 30.5 Å². The lowest BCUT2D eigenvalue weighted by atomic mass is 9.97. The Hall–Kier alpha value is -2.44. The SMILES string of the molecule is O=C(O)N1CCC(c2nc(Cc3ccncc3)no2)CC1. The van der Waals surface area contributed by atoms with Crippen LogP contribution in [0.25, 0.3) is 0 Å². The number of pyridine rings is 1. The first-order valence-corrected chi connectivity index (χ1v) is 6.91. The van der Waals surface area contributed by atoms with E-state index < -0.39 is 6.09 Å². The van der Waals surface area contributed by atoms with E-state index in [1.807, 2.05) is 12.1 Å². The van der Waals surface area contributed by atoms with Gasteiger partial charge < -0.3 is 14.5 Å². The zero-order valence-corrected chi connectivity index (χ0v) is 11.5. The maximum Gasteiger partial charge on any atom is 0.407 e. The first kappa shape index (κ1) is 13.5. The summed E-state index contributed by atoms with van der Waals surface area (Å²) in [7, 11) is 0. The largest absolute Gasteiger partial charge is 0.465 e. The van der Waals surface area contributed by atoms with Crippen LogP contribution in [0.3, 0.4) is 0 Å². The number of hydrogen-bond donors (Lipinski definition) is 1. The second kappa shape index (κ2) is 5.90. The topological polar surface area (TPSA) is 92.3 Å². The Bertz CT molecular complexity index is 606. The normalized spacial score (nSPS) is 16.1. The highest BCUT2D eigenvalue weighted by molar-refractivity contribution is 5.65.